The highest BCUT2D eigenvalue weighted by Crippen LogP contribution is 2.23. The second kappa shape index (κ2) is 7.61. The number of hydrogen-bond acceptors (Lipinski definition) is 4. The SMILES string of the molecule is CCOc1ccc(-c2ccc(CC(N)C(=O)OC)cc2)cc1. The lowest BCUT2D eigenvalue weighted by atomic mass is 10.0. The first-order valence-corrected chi connectivity index (χ1v) is 7.29. The van der Waals surface area contributed by atoms with Gasteiger partial charge in [-0.1, -0.05) is 36.4 Å². The molecule has 0 heterocycles. The number of methoxy groups -OCH3 is 1. The van der Waals surface area contributed by atoms with E-state index in [0.717, 1.165) is 22.4 Å². The van der Waals surface area contributed by atoms with Crippen molar-refractivity contribution in [2.45, 2.75) is 19.4 Å². The minimum Gasteiger partial charge on any atom is -0.494 e. The molecule has 0 saturated carbocycles. The van der Waals surface area contributed by atoms with Crippen LogP contribution in [0.25, 0.3) is 11.1 Å². The van der Waals surface area contributed by atoms with Gasteiger partial charge in [-0.2, -0.15) is 0 Å². The molecule has 0 aliphatic rings. The van der Waals surface area contributed by atoms with E-state index in [0.29, 0.717) is 13.0 Å². The highest BCUT2D eigenvalue weighted by Gasteiger charge is 2.14. The van der Waals surface area contributed by atoms with Gasteiger partial charge in [0.15, 0.2) is 0 Å². The lowest BCUT2D eigenvalue weighted by Crippen LogP contribution is -2.33. The quantitative estimate of drug-likeness (QED) is 0.833. The lowest BCUT2D eigenvalue weighted by molar-refractivity contribution is -0.142. The second-order valence-corrected chi connectivity index (χ2v) is 4.99. The third-order valence-corrected chi connectivity index (χ3v) is 3.41. The van der Waals surface area contributed by atoms with Crippen molar-refractivity contribution in [2.24, 2.45) is 5.73 Å². The van der Waals surface area contributed by atoms with E-state index < -0.39 is 12.0 Å². The largest absolute Gasteiger partial charge is 0.494 e. The summed E-state index contributed by atoms with van der Waals surface area (Å²) in [6.07, 6.45) is 0.468. The Morgan fingerprint density at radius 1 is 1.05 bits per heavy atom. The minimum atomic E-state index is -0.624. The van der Waals surface area contributed by atoms with Crippen LogP contribution in [0, 0.1) is 0 Å². The molecule has 1 unspecified atom stereocenters. The standard InChI is InChI=1S/C18H21NO3/c1-3-22-16-10-8-15(9-11-16)14-6-4-13(5-7-14)12-17(19)18(20)21-2/h4-11,17H,3,12,19H2,1-2H3. The number of hydrogen-bond donors (Lipinski definition) is 1. The fourth-order valence-electron chi connectivity index (χ4n) is 2.23. The molecular formula is C18H21NO3. The van der Waals surface area contributed by atoms with Crippen LogP contribution in [-0.2, 0) is 16.0 Å². The summed E-state index contributed by atoms with van der Waals surface area (Å²) in [6.45, 7) is 2.63. The van der Waals surface area contributed by atoms with E-state index in [1.165, 1.54) is 7.11 Å². The molecule has 0 amide bonds. The Bertz CT molecular complexity index is 605. The molecule has 4 nitrogen and oxygen atoms in total. The third kappa shape index (κ3) is 4.09. The molecule has 0 aliphatic carbocycles. The molecule has 116 valence electrons. The molecule has 4 heteroatoms. The zero-order valence-corrected chi connectivity index (χ0v) is 12.9. The Hall–Kier alpha value is -2.33. The number of nitrogens with two attached hydrogens (primary N) is 1. The van der Waals surface area contributed by atoms with Gasteiger partial charge in [-0.05, 0) is 42.2 Å². The van der Waals surface area contributed by atoms with Crippen LogP contribution in [0.15, 0.2) is 48.5 Å². The molecule has 0 fully saturated rings. The van der Waals surface area contributed by atoms with Crippen LogP contribution < -0.4 is 10.5 Å². The topological polar surface area (TPSA) is 61.5 Å². The Kier molecular flexibility index (Phi) is 5.55. The van der Waals surface area contributed by atoms with Crippen molar-refractivity contribution >= 4 is 5.97 Å². The van der Waals surface area contributed by atoms with Crippen LogP contribution >= 0.6 is 0 Å². The van der Waals surface area contributed by atoms with E-state index in [2.05, 4.69) is 4.74 Å². The number of benzene rings is 2. The minimum absolute atomic E-state index is 0.393. The van der Waals surface area contributed by atoms with Gasteiger partial charge in [-0.15, -0.1) is 0 Å². The van der Waals surface area contributed by atoms with Crippen molar-refractivity contribution in [3.8, 4) is 16.9 Å². The zero-order chi connectivity index (χ0) is 15.9. The molecule has 2 aromatic rings. The summed E-state index contributed by atoms with van der Waals surface area (Å²) in [5.74, 6) is 0.475. The molecule has 0 aromatic heterocycles. The maximum absolute atomic E-state index is 11.3. The Morgan fingerprint density at radius 2 is 1.59 bits per heavy atom. The van der Waals surface area contributed by atoms with Crippen LogP contribution in [0.5, 0.6) is 5.75 Å². The first kappa shape index (κ1) is 16.0. The number of carbonyl (C=O) groups is 1. The molecule has 1 atom stereocenters. The van der Waals surface area contributed by atoms with Crippen molar-refractivity contribution in [1.82, 2.24) is 0 Å². The molecular weight excluding hydrogens is 278 g/mol. The molecule has 0 saturated heterocycles. The average molecular weight is 299 g/mol. The van der Waals surface area contributed by atoms with Crippen LogP contribution in [0.2, 0.25) is 0 Å². The van der Waals surface area contributed by atoms with Crippen LogP contribution in [0.1, 0.15) is 12.5 Å². The van der Waals surface area contributed by atoms with Gasteiger partial charge in [0.1, 0.15) is 11.8 Å². The van der Waals surface area contributed by atoms with E-state index in [9.17, 15) is 4.79 Å². The van der Waals surface area contributed by atoms with Crippen molar-refractivity contribution in [2.75, 3.05) is 13.7 Å². The predicted octanol–water partition coefficient (Wildman–Crippen LogP) is 2.80. The first-order valence-electron chi connectivity index (χ1n) is 7.29. The molecule has 2 N–H and O–H groups in total. The summed E-state index contributed by atoms with van der Waals surface area (Å²) in [4.78, 5) is 11.3. The van der Waals surface area contributed by atoms with Crippen molar-refractivity contribution in [1.29, 1.82) is 0 Å². The average Bonchev–Trinajstić information content (AvgIpc) is 2.56. The normalized spacial score (nSPS) is 11.8. The summed E-state index contributed by atoms with van der Waals surface area (Å²) >= 11 is 0. The maximum Gasteiger partial charge on any atom is 0.322 e. The van der Waals surface area contributed by atoms with Crippen LogP contribution in [0.3, 0.4) is 0 Å². The molecule has 2 rings (SSSR count). The summed E-state index contributed by atoms with van der Waals surface area (Å²) in [5, 5.41) is 0. The summed E-state index contributed by atoms with van der Waals surface area (Å²) < 4.78 is 10.1. The Morgan fingerprint density at radius 3 is 2.09 bits per heavy atom. The van der Waals surface area contributed by atoms with Gasteiger partial charge >= 0.3 is 5.97 Å². The van der Waals surface area contributed by atoms with Crippen LogP contribution in [0.4, 0.5) is 0 Å². The van der Waals surface area contributed by atoms with E-state index in [1.807, 2.05) is 55.5 Å². The fraction of sp³-hybridized carbons (Fsp3) is 0.278. The van der Waals surface area contributed by atoms with E-state index in [1.54, 1.807) is 0 Å². The lowest BCUT2D eigenvalue weighted by Gasteiger charge is -2.10. The van der Waals surface area contributed by atoms with Gasteiger partial charge in [0, 0.05) is 0 Å². The Balaban J connectivity index is 2.06. The molecule has 0 spiro atoms. The third-order valence-electron chi connectivity index (χ3n) is 3.41. The second-order valence-electron chi connectivity index (χ2n) is 4.99. The number of carbonyl (C=O) groups excluding carboxylic acids is 1. The summed E-state index contributed by atoms with van der Waals surface area (Å²) in [5.41, 5.74) is 9.00. The van der Waals surface area contributed by atoms with E-state index >= 15 is 0 Å². The Labute approximate surface area is 130 Å². The van der Waals surface area contributed by atoms with Crippen molar-refractivity contribution in [3.05, 3.63) is 54.1 Å². The van der Waals surface area contributed by atoms with E-state index in [4.69, 9.17) is 10.5 Å². The zero-order valence-electron chi connectivity index (χ0n) is 12.9. The highest BCUT2D eigenvalue weighted by atomic mass is 16.5. The van der Waals surface area contributed by atoms with Crippen molar-refractivity contribution in [3.63, 3.8) is 0 Å². The van der Waals surface area contributed by atoms with Crippen molar-refractivity contribution < 1.29 is 14.3 Å². The molecule has 22 heavy (non-hydrogen) atoms. The van der Waals surface area contributed by atoms with E-state index in [-0.39, 0.29) is 0 Å². The molecule has 0 bridgehead atoms. The number of esters is 1. The number of ether oxygens (including phenoxy) is 2. The maximum atomic E-state index is 11.3. The van der Waals surface area contributed by atoms with Gasteiger partial charge in [-0.25, -0.2) is 0 Å². The molecule has 0 radical (unpaired) electrons. The highest BCUT2D eigenvalue weighted by molar-refractivity contribution is 5.75. The summed E-state index contributed by atoms with van der Waals surface area (Å²) in [6, 6.07) is 15.4. The fourth-order valence-corrected chi connectivity index (χ4v) is 2.23. The number of rotatable bonds is 6. The van der Waals surface area contributed by atoms with Gasteiger partial charge in [0.25, 0.3) is 0 Å². The van der Waals surface area contributed by atoms with Gasteiger partial charge in [0.05, 0.1) is 13.7 Å². The smallest absolute Gasteiger partial charge is 0.322 e. The molecule has 0 aliphatic heterocycles. The monoisotopic (exact) mass is 299 g/mol. The van der Waals surface area contributed by atoms with Gasteiger partial charge < -0.3 is 15.2 Å². The summed E-state index contributed by atoms with van der Waals surface area (Å²) in [7, 11) is 1.34. The first-order chi connectivity index (χ1) is 10.6. The molecule has 2 aromatic carbocycles. The van der Waals surface area contributed by atoms with Crippen LogP contribution in [-0.4, -0.2) is 25.7 Å². The predicted molar refractivity (Wildman–Crippen MR) is 86.7 cm³/mol. The van der Waals surface area contributed by atoms with Gasteiger partial charge in [0.2, 0.25) is 0 Å². The van der Waals surface area contributed by atoms with Gasteiger partial charge in [-0.3, -0.25) is 4.79 Å².